The molecule has 690 valence electrons. The maximum absolute atomic E-state index is 4.36. The van der Waals surface area contributed by atoms with E-state index in [0.717, 1.165) is 83.7 Å². The average molecular weight is 1760 g/mol. The summed E-state index contributed by atoms with van der Waals surface area (Å²) in [5, 5.41) is 0. The van der Waals surface area contributed by atoms with Crippen molar-refractivity contribution < 1.29 is 23.5 Å². The Kier molecular flexibility index (Phi) is 73.7. The fraction of sp³-hybridized carbons (Fsp3) is 0.727. The van der Waals surface area contributed by atoms with E-state index in [1.807, 2.05) is 0 Å². The lowest BCUT2D eigenvalue weighted by atomic mass is 9.78. The van der Waals surface area contributed by atoms with Crippen molar-refractivity contribution in [2.45, 2.75) is 476 Å². The van der Waals surface area contributed by atoms with Gasteiger partial charge in [-0.3, -0.25) is 23.5 Å². The maximum Gasteiger partial charge on any atom is 0.00401 e. The molecule has 10 rings (SSSR count). The van der Waals surface area contributed by atoms with E-state index in [1.54, 1.807) is 0 Å². The summed E-state index contributed by atoms with van der Waals surface area (Å²) in [6.45, 7) is 11.5. The minimum absolute atomic E-state index is 0. The Labute approximate surface area is 765 Å². The summed E-state index contributed by atoms with van der Waals surface area (Å²) < 4.78 is 0. The number of rotatable bonds is 50. The van der Waals surface area contributed by atoms with Crippen LogP contribution in [0.2, 0.25) is 0 Å². The second-order valence-corrected chi connectivity index (χ2v) is 40.8. The molecule has 0 saturated heterocycles. The van der Waals surface area contributed by atoms with Gasteiger partial charge in [0.2, 0.25) is 0 Å². The monoisotopic (exact) mass is 1760 g/mol. The molecule has 5 aliphatic carbocycles. The molecule has 5 fully saturated rings. The Morgan fingerprint density at radius 2 is 0.267 bits per heavy atom. The number of aryl methyl sites for hydroxylation is 5. The average Bonchev–Trinajstić information content (AvgIpc) is 0.908. The second-order valence-electron chi connectivity index (χ2n) is 38.2. The fourth-order valence-corrected chi connectivity index (χ4v) is 21.0. The Morgan fingerprint density at radius 1 is 0.158 bits per heavy atom. The molecule has 120 heavy (non-hydrogen) atoms. The molecule has 5 aliphatic rings. The van der Waals surface area contributed by atoms with E-state index in [0.29, 0.717) is 0 Å². The number of hydrogen-bond acceptors (Lipinski definition) is 5. The number of halogens is 5. The molecule has 5 saturated carbocycles. The van der Waals surface area contributed by atoms with Crippen LogP contribution in [0.4, 0.5) is 23.5 Å². The predicted molar refractivity (Wildman–Crippen MR) is 540 cm³/mol. The van der Waals surface area contributed by atoms with E-state index in [2.05, 4.69) is 219 Å². The minimum Gasteiger partial charge on any atom is -0.269 e. The van der Waals surface area contributed by atoms with E-state index in [4.69, 9.17) is 0 Å². The lowest BCUT2D eigenvalue weighted by Gasteiger charge is -2.28. The summed E-state index contributed by atoms with van der Waals surface area (Å²) in [6.07, 6.45) is 93.8. The Bertz CT molecular complexity index is 2510. The zero-order valence-electron chi connectivity index (χ0n) is 77.6. The number of benzene rings is 5. The largest absolute Gasteiger partial charge is 0.269 e. The van der Waals surface area contributed by atoms with Crippen LogP contribution >= 0.6 is 63.1 Å². The summed E-state index contributed by atoms with van der Waals surface area (Å²) in [5.74, 6) is 10.1. The summed E-state index contributed by atoms with van der Waals surface area (Å²) in [4.78, 5) is 5.37. The summed E-state index contributed by atoms with van der Waals surface area (Å²) in [7, 11) is 0. The van der Waals surface area contributed by atoms with Gasteiger partial charge in [0, 0.05) is 24.5 Å². The minimum atomic E-state index is 0. The lowest BCUT2D eigenvalue weighted by Crippen LogP contribution is -2.15. The van der Waals surface area contributed by atoms with Crippen molar-refractivity contribution in [3.63, 3.8) is 0 Å². The van der Waals surface area contributed by atoms with Gasteiger partial charge in [-0.25, -0.2) is 0 Å². The molecule has 0 nitrogen and oxygen atoms in total. The molecule has 0 bridgehead atoms. The highest BCUT2D eigenvalue weighted by atomic mass is 32.1. The van der Waals surface area contributed by atoms with Crippen LogP contribution in [0.3, 0.4) is 0 Å². The van der Waals surface area contributed by atoms with E-state index >= 15 is 0 Å². The van der Waals surface area contributed by atoms with Crippen molar-refractivity contribution in [2.24, 2.45) is 59.2 Å². The molecule has 0 aliphatic heterocycles. The molecule has 0 spiro atoms. The first kappa shape index (κ1) is 116. The van der Waals surface area contributed by atoms with Crippen LogP contribution in [-0.2, 0) is 32.1 Å². The Morgan fingerprint density at radius 3 is 0.392 bits per heavy atom. The molecule has 10 heteroatoms. The topological polar surface area (TPSA) is 0 Å². The first-order chi connectivity index (χ1) is 56.4. The smallest absolute Gasteiger partial charge is 0.00401 e. The van der Waals surface area contributed by atoms with Gasteiger partial charge in [-0.15, -0.1) is 63.1 Å². The quantitative estimate of drug-likeness (QED) is 0.0143. The SMILES string of the molecule is CCCCCCCCC1CCC(CCc2ccc(S)cc2)CC1.CCCCCCCCC1CCC(CCc2ccc(S)cc2)CC1.CCCCCCCCC1CCC(CCc2ccc(S)cc2)CC1.CCCCCCCCC1CCC(CCc2ccc(S)cc2)CC1.CCCCCCCCC1CCC(CCc2ccc(S)cc2)CC1.F.F.F.F.F. The van der Waals surface area contributed by atoms with Gasteiger partial charge in [0.05, 0.1) is 0 Å². The summed E-state index contributed by atoms with van der Waals surface area (Å²) in [6, 6.07) is 43.6. The van der Waals surface area contributed by atoms with E-state index in [9.17, 15) is 0 Å². The molecule has 0 radical (unpaired) electrons. The van der Waals surface area contributed by atoms with Crippen LogP contribution in [0.15, 0.2) is 146 Å². The van der Waals surface area contributed by atoms with Gasteiger partial charge in [-0.05, 0) is 212 Å². The van der Waals surface area contributed by atoms with Gasteiger partial charge in [0.25, 0.3) is 0 Å². The first-order valence-electron chi connectivity index (χ1n) is 50.3. The third-order valence-corrected chi connectivity index (χ3v) is 30.0. The number of unbranched alkanes of at least 4 members (excludes halogenated alkanes) is 25. The van der Waals surface area contributed by atoms with Crippen molar-refractivity contribution in [1.82, 2.24) is 0 Å². The molecule has 0 atom stereocenters. The van der Waals surface area contributed by atoms with E-state index < -0.39 is 0 Å². The molecule has 5 aromatic carbocycles. The zero-order valence-corrected chi connectivity index (χ0v) is 82.0. The van der Waals surface area contributed by atoms with Crippen LogP contribution in [0.25, 0.3) is 0 Å². The summed E-state index contributed by atoms with van der Waals surface area (Å²) in [5.41, 5.74) is 7.42. The number of hydrogen-bond donors (Lipinski definition) is 5. The van der Waals surface area contributed by atoms with Gasteiger partial charge in [-0.2, -0.15) is 0 Å². The van der Waals surface area contributed by atoms with Crippen LogP contribution in [0.1, 0.15) is 448 Å². The van der Waals surface area contributed by atoms with Crippen LogP contribution < -0.4 is 0 Å². The third-order valence-electron chi connectivity index (χ3n) is 28.5. The highest BCUT2D eigenvalue weighted by Crippen LogP contribution is 2.40. The standard InChI is InChI=1S/5C22H36S.5FH/c5*1-2-3-4-5-6-7-8-19-9-11-20(12-10-19)13-14-21-15-17-22(23)18-16-21;;;;;/h5*15-20,23H,2-14H2,1H3;5*1H. The van der Waals surface area contributed by atoms with Gasteiger partial charge < -0.3 is 0 Å². The van der Waals surface area contributed by atoms with Gasteiger partial charge in [0.15, 0.2) is 0 Å². The highest BCUT2D eigenvalue weighted by Gasteiger charge is 2.26. The molecule has 0 amide bonds. The molecular formula is C110H185F5S5. The van der Waals surface area contributed by atoms with E-state index in [1.165, 1.54) is 445 Å². The zero-order chi connectivity index (χ0) is 81.7. The van der Waals surface area contributed by atoms with Crippen LogP contribution in [0, 0.1) is 59.2 Å². The maximum atomic E-state index is 4.36. The molecule has 0 unspecified atom stereocenters. The van der Waals surface area contributed by atoms with Crippen molar-refractivity contribution >= 4 is 63.1 Å². The van der Waals surface area contributed by atoms with Gasteiger partial charge in [0.1, 0.15) is 0 Å². The third kappa shape index (κ3) is 57.3. The highest BCUT2D eigenvalue weighted by molar-refractivity contribution is 7.81. The van der Waals surface area contributed by atoms with Crippen molar-refractivity contribution in [2.75, 3.05) is 0 Å². The molecule has 5 aromatic rings. The van der Waals surface area contributed by atoms with Crippen LogP contribution in [-0.4, -0.2) is 0 Å². The van der Waals surface area contributed by atoms with Crippen molar-refractivity contribution in [3.8, 4) is 0 Å². The first-order valence-corrected chi connectivity index (χ1v) is 52.5. The van der Waals surface area contributed by atoms with E-state index in [-0.39, 0.29) is 23.5 Å². The summed E-state index contributed by atoms with van der Waals surface area (Å²) >= 11 is 21.8. The van der Waals surface area contributed by atoms with Gasteiger partial charge >= 0.3 is 0 Å². The number of thiol groups is 5. The predicted octanol–water partition coefficient (Wildman–Crippen LogP) is 38.1. The Hall–Kier alpha value is -2.50. The normalized spacial score (nSPS) is 20.6. The van der Waals surface area contributed by atoms with Gasteiger partial charge in [-0.1, -0.05) is 448 Å². The fourth-order valence-electron chi connectivity index (χ4n) is 20.3. The molecule has 0 N–H and O–H groups in total. The molecule has 0 aromatic heterocycles. The second kappa shape index (κ2) is 76.5. The van der Waals surface area contributed by atoms with Crippen LogP contribution in [0.5, 0.6) is 0 Å². The Balaban J connectivity index is 0.000000742. The molecule has 0 heterocycles. The van der Waals surface area contributed by atoms with Crippen molar-refractivity contribution in [3.05, 3.63) is 149 Å². The lowest BCUT2D eigenvalue weighted by molar-refractivity contribution is 0.248. The molecular weight excluding hydrogens is 1580 g/mol. The van der Waals surface area contributed by atoms with Crippen molar-refractivity contribution in [1.29, 1.82) is 0 Å².